The van der Waals surface area contributed by atoms with E-state index >= 15 is 0 Å². The Morgan fingerprint density at radius 2 is 2.21 bits per heavy atom. The molecule has 5 nitrogen and oxygen atoms in total. The van der Waals surface area contributed by atoms with E-state index in [0.29, 0.717) is 5.56 Å². The molecule has 0 aliphatic carbocycles. The number of aryl methyl sites for hydroxylation is 2. The summed E-state index contributed by atoms with van der Waals surface area (Å²) in [5.74, 6) is 1.04. The number of hydrogen-bond acceptors (Lipinski definition) is 4. The van der Waals surface area contributed by atoms with Crippen LogP contribution in [0.15, 0.2) is 29.8 Å². The van der Waals surface area contributed by atoms with E-state index in [4.69, 9.17) is 0 Å². The predicted molar refractivity (Wildman–Crippen MR) is 95.2 cm³/mol. The van der Waals surface area contributed by atoms with Gasteiger partial charge in [-0.05, 0) is 44.4 Å². The van der Waals surface area contributed by atoms with Crippen LogP contribution in [0.1, 0.15) is 46.5 Å². The lowest BCUT2D eigenvalue weighted by Gasteiger charge is -2.34. The summed E-state index contributed by atoms with van der Waals surface area (Å²) in [6, 6.07) is 5.93. The lowest BCUT2D eigenvalue weighted by atomic mass is 10.0. The fraction of sp³-hybridized carbons (Fsp3) is 0.389. The number of nitrogens with zero attached hydrogens (tertiary/aromatic N) is 4. The van der Waals surface area contributed by atoms with Crippen molar-refractivity contribution in [1.29, 1.82) is 0 Å². The minimum atomic E-state index is 0.0834. The molecule has 3 heterocycles. The normalized spacial score (nSPS) is 18.2. The van der Waals surface area contributed by atoms with Crippen LogP contribution < -0.4 is 0 Å². The third-order valence-electron chi connectivity index (χ3n) is 4.85. The zero-order chi connectivity index (χ0) is 16.7. The zero-order valence-corrected chi connectivity index (χ0v) is 14.7. The standard InChI is InChI=1S/C18H20N4OS/c1-12-20-14-11-13(6-7-15(14)21(12)2)18(23)22-9-4-3-5-16(22)17-19-8-10-24-17/h6-8,10-11,16H,3-5,9H2,1-2H3. The summed E-state index contributed by atoms with van der Waals surface area (Å²) in [6.45, 7) is 2.77. The largest absolute Gasteiger partial charge is 0.331 e. The van der Waals surface area contributed by atoms with E-state index in [9.17, 15) is 4.79 Å². The van der Waals surface area contributed by atoms with E-state index in [2.05, 4.69) is 9.97 Å². The fourth-order valence-electron chi connectivity index (χ4n) is 3.45. The second-order valence-corrected chi connectivity index (χ2v) is 7.23. The van der Waals surface area contributed by atoms with Crippen molar-refractivity contribution >= 4 is 28.3 Å². The van der Waals surface area contributed by atoms with Gasteiger partial charge in [-0.2, -0.15) is 0 Å². The Morgan fingerprint density at radius 3 is 3.00 bits per heavy atom. The Balaban J connectivity index is 1.68. The van der Waals surface area contributed by atoms with Gasteiger partial charge in [0, 0.05) is 30.7 Å². The zero-order valence-electron chi connectivity index (χ0n) is 13.9. The Labute approximate surface area is 145 Å². The van der Waals surface area contributed by atoms with Crippen LogP contribution in [0.25, 0.3) is 11.0 Å². The van der Waals surface area contributed by atoms with Gasteiger partial charge in [-0.1, -0.05) is 0 Å². The Kier molecular flexibility index (Phi) is 3.84. The Hall–Kier alpha value is -2.21. The second kappa shape index (κ2) is 6.02. The maximum atomic E-state index is 13.1. The van der Waals surface area contributed by atoms with Gasteiger partial charge in [0.2, 0.25) is 0 Å². The molecule has 1 amide bonds. The first-order valence-corrected chi connectivity index (χ1v) is 9.16. The topological polar surface area (TPSA) is 51.0 Å². The number of carbonyl (C=O) groups is 1. The number of rotatable bonds is 2. The molecule has 0 N–H and O–H groups in total. The van der Waals surface area contributed by atoms with Crippen LogP contribution in [-0.2, 0) is 7.05 Å². The molecule has 0 saturated carbocycles. The van der Waals surface area contributed by atoms with Crippen LogP contribution in [0.3, 0.4) is 0 Å². The third-order valence-corrected chi connectivity index (χ3v) is 5.73. The van der Waals surface area contributed by atoms with E-state index in [1.165, 1.54) is 0 Å². The van der Waals surface area contributed by atoms with Gasteiger partial charge in [0.15, 0.2) is 0 Å². The van der Waals surface area contributed by atoms with Gasteiger partial charge in [-0.15, -0.1) is 11.3 Å². The van der Waals surface area contributed by atoms with Crippen LogP contribution >= 0.6 is 11.3 Å². The first-order valence-electron chi connectivity index (χ1n) is 8.28. The fourth-order valence-corrected chi connectivity index (χ4v) is 4.23. The second-order valence-electron chi connectivity index (χ2n) is 6.30. The molecule has 0 radical (unpaired) electrons. The lowest BCUT2D eigenvalue weighted by Crippen LogP contribution is -2.38. The van der Waals surface area contributed by atoms with Crippen molar-refractivity contribution in [2.24, 2.45) is 7.05 Å². The van der Waals surface area contributed by atoms with Crippen molar-refractivity contribution in [3.05, 3.63) is 46.2 Å². The minimum Gasteiger partial charge on any atom is -0.331 e. The lowest BCUT2D eigenvalue weighted by molar-refractivity contribution is 0.0611. The van der Waals surface area contributed by atoms with Gasteiger partial charge in [0.1, 0.15) is 10.8 Å². The van der Waals surface area contributed by atoms with Gasteiger partial charge < -0.3 is 9.47 Å². The number of imidazole rings is 1. The van der Waals surface area contributed by atoms with Gasteiger partial charge in [0.25, 0.3) is 5.91 Å². The highest BCUT2D eigenvalue weighted by atomic mass is 32.1. The Bertz CT molecular complexity index is 884. The molecular weight excluding hydrogens is 320 g/mol. The van der Waals surface area contributed by atoms with Crippen LogP contribution in [0.4, 0.5) is 0 Å². The van der Waals surface area contributed by atoms with Crippen LogP contribution in [0.5, 0.6) is 0 Å². The number of piperidine rings is 1. The number of benzene rings is 1. The summed E-state index contributed by atoms with van der Waals surface area (Å²) in [7, 11) is 2.00. The highest BCUT2D eigenvalue weighted by Gasteiger charge is 2.30. The van der Waals surface area contributed by atoms with Gasteiger partial charge >= 0.3 is 0 Å². The van der Waals surface area contributed by atoms with E-state index in [1.807, 2.05) is 53.2 Å². The molecule has 0 bridgehead atoms. The predicted octanol–water partition coefficient (Wildman–Crippen LogP) is 3.71. The molecule has 24 heavy (non-hydrogen) atoms. The quantitative estimate of drug-likeness (QED) is 0.715. The molecule has 3 aromatic rings. The number of carbonyl (C=O) groups excluding carboxylic acids is 1. The van der Waals surface area contributed by atoms with Crippen LogP contribution in [-0.4, -0.2) is 31.9 Å². The molecule has 1 aromatic carbocycles. The highest BCUT2D eigenvalue weighted by Crippen LogP contribution is 2.33. The van der Waals surface area contributed by atoms with E-state index in [-0.39, 0.29) is 11.9 Å². The summed E-state index contributed by atoms with van der Waals surface area (Å²) in [4.78, 5) is 24.1. The average Bonchev–Trinajstić information content (AvgIpc) is 3.23. The maximum absolute atomic E-state index is 13.1. The minimum absolute atomic E-state index is 0.0834. The summed E-state index contributed by atoms with van der Waals surface area (Å²) < 4.78 is 2.04. The SMILES string of the molecule is Cc1nc2cc(C(=O)N3CCCCC3c3nccs3)ccc2n1C. The smallest absolute Gasteiger partial charge is 0.254 e. The molecule has 6 heteroatoms. The number of thiazole rings is 1. The monoisotopic (exact) mass is 340 g/mol. The number of likely N-dealkylation sites (tertiary alicyclic amines) is 1. The molecule has 1 aliphatic rings. The van der Waals surface area contributed by atoms with Crippen molar-refractivity contribution in [1.82, 2.24) is 19.4 Å². The highest BCUT2D eigenvalue weighted by molar-refractivity contribution is 7.09. The van der Waals surface area contributed by atoms with Crippen molar-refractivity contribution in [2.75, 3.05) is 6.54 Å². The van der Waals surface area contributed by atoms with E-state index < -0.39 is 0 Å². The maximum Gasteiger partial charge on any atom is 0.254 e. The first-order chi connectivity index (χ1) is 11.6. The van der Waals surface area contributed by atoms with E-state index in [1.54, 1.807) is 11.3 Å². The molecular formula is C18H20N4OS. The van der Waals surface area contributed by atoms with Gasteiger partial charge in [0.05, 0.1) is 17.1 Å². The molecule has 1 aliphatic heterocycles. The summed E-state index contributed by atoms with van der Waals surface area (Å²) in [5, 5.41) is 3.02. The number of hydrogen-bond donors (Lipinski definition) is 0. The molecule has 1 saturated heterocycles. The van der Waals surface area contributed by atoms with Crippen molar-refractivity contribution in [3.63, 3.8) is 0 Å². The molecule has 1 fully saturated rings. The van der Waals surface area contributed by atoms with Crippen LogP contribution in [0.2, 0.25) is 0 Å². The number of fused-ring (bicyclic) bond motifs is 1. The van der Waals surface area contributed by atoms with E-state index in [0.717, 1.165) is 47.7 Å². The van der Waals surface area contributed by atoms with Gasteiger partial charge in [-0.3, -0.25) is 4.79 Å². The molecule has 0 spiro atoms. The number of aromatic nitrogens is 3. The van der Waals surface area contributed by atoms with Crippen molar-refractivity contribution in [2.45, 2.75) is 32.2 Å². The molecule has 2 aromatic heterocycles. The van der Waals surface area contributed by atoms with Crippen molar-refractivity contribution < 1.29 is 4.79 Å². The summed E-state index contributed by atoms with van der Waals surface area (Å²) in [6.07, 6.45) is 5.01. The van der Waals surface area contributed by atoms with Gasteiger partial charge in [-0.25, -0.2) is 9.97 Å². The summed E-state index contributed by atoms with van der Waals surface area (Å²) in [5.41, 5.74) is 2.65. The molecule has 124 valence electrons. The average molecular weight is 340 g/mol. The summed E-state index contributed by atoms with van der Waals surface area (Å²) >= 11 is 1.63. The third kappa shape index (κ3) is 2.51. The molecule has 1 atom stereocenters. The molecule has 1 unspecified atom stereocenters. The van der Waals surface area contributed by atoms with Crippen LogP contribution in [0, 0.1) is 6.92 Å². The Morgan fingerprint density at radius 1 is 1.33 bits per heavy atom. The molecule has 4 rings (SSSR count). The van der Waals surface area contributed by atoms with Crippen molar-refractivity contribution in [3.8, 4) is 0 Å². The first kappa shape index (κ1) is 15.3. The number of amides is 1.